The van der Waals surface area contributed by atoms with Crippen LogP contribution in [0.4, 0.5) is 4.39 Å². The van der Waals surface area contributed by atoms with Gasteiger partial charge in [0.2, 0.25) is 5.88 Å². The van der Waals surface area contributed by atoms with E-state index in [2.05, 4.69) is 4.98 Å². The Kier molecular flexibility index (Phi) is 5.50. The fourth-order valence-electron chi connectivity index (χ4n) is 2.74. The van der Waals surface area contributed by atoms with Gasteiger partial charge in [-0.2, -0.15) is 5.26 Å². The van der Waals surface area contributed by atoms with Gasteiger partial charge in [0.1, 0.15) is 30.3 Å². The lowest BCUT2D eigenvalue weighted by Crippen LogP contribution is -2.21. The van der Waals surface area contributed by atoms with Gasteiger partial charge in [-0.1, -0.05) is 12.1 Å². The van der Waals surface area contributed by atoms with Crippen molar-refractivity contribution in [3.8, 4) is 28.8 Å². The van der Waals surface area contributed by atoms with Crippen LogP contribution in [0.3, 0.4) is 0 Å². The summed E-state index contributed by atoms with van der Waals surface area (Å²) in [5, 5.41) is 29.3. The van der Waals surface area contributed by atoms with Crippen molar-refractivity contribution in [2.75, 3.05) is 20.3 Å². The number of halogens is 1. The molecule has 27 heavy (non-hydrogen) atoms. The van der Waals surface area contributed by atoms with E-state index in [9.17, 15) is 14.8 Å². The molecule has 0 saturated heterocycles. The molecule has 3 aromatic rings. The highest BCUT2D eigenvalue weighted by Crippen LogP contribution is 2.37. The van der Waals surface area contributed by atoms with Crippen LogP contribution in [0.2, 0.25) is 0 Å². The SMILES string of the molecule is COc1ccc2c(OCC(O)CO)nc(C#N)c(-c3cccc(F)c3)c2c1. The van der Waals surface area contributed by atoms with E-state index in [-0.39, 0.29) is 18.2 Å². The molecule has 0 aliphatic rings. The molecule has 0 saturated carbocycles. The van der Waals surface area contributed by atoms with Crippen LogP contribution in [-0.4, -0.2) is 41.6 Å². The largest absolute Gasteiger partial charge is 0.497 e. The van der Waals surface area contributed by atoms with Crippen LogP contribution in [0, 0.1) is 17.1 Å². The quantitative estimate of drug-likeness (QED) is 0.694. The molecule has 2 aromatic carbocycles. The maximum atomic E-state index is 13.8. The average Bonchev–Trinajstić information content (AvgIpc) is 2.70. The van der Waals surface area contributed by atoms with Crippen molar-refractivity contribution in [3.05, 3.63) is 54.0 Å². The second-order valence-electron chi connectivity index (χ2n) is 5.82. The van der Waals surface area contributed by atoms with Crippen molar-refractivity contribution in [2.45, 2.75) is 6.10 Å². The van der Waals surface area contributed by atoms with Gasteiger partial charge in [0.25, 0.3) is 0 Å². The van der Waals surface area contributed by atoms with Gasteiger partial charge in [0.15, 0.2) is 5.69 Å². The third kappa shape index (κ3) is 3.82. The summed E-state index contributed by atoms with van der Waals surface area (Å²) in [7, 11) is 1.52. The van der Waals surface area contributed by atoms with Crippen molar-refractivity contribution in [3.63, 3.8) is 0 Å². The number of fused-ring (bicyclic) bond motifs is 1. The van der Waals surface area contributed by atoms with Gasteiger partial charge in [-0.15, -0.1) is 0 Å². The second-order valence-corrected chi connectivity index (χ2v) is 5.82. The monoisotopic (exact) mass is 368 g/mol. The fraction of sp³-hybridized carbons (Fsp3) is 0.200. The Bertz CT molecular complexity index is 1020. The third-order valence-electron chi connectivity index (χ3n) is 4.02. The van der Waals surface area contributed by atoms with E-state index in [1.54, 1.807) is 30.3 Å². The van der Waals surface area contributed by atoms with Crippen molar-refractivity contribution >= 4 is 10.8 Å². The summed E-state index contributed by atoms with van der Waals surface area (Å²) in [6, 6.07) is 13.0. The van der Waals surface area contributed by atoms with Gasteiger partial charge in [-0.05, 0) is 35.9 Å². The Labute approximate surface area is 155 Å². The number of rotatable bonds is 6. The Morgan fingerprint density at radius 1 is 1.22 bits per heavy atom. The van der Waals surface area contributed by atoms with Crippen LogP contribution in [0.5, 0.6) is 11.6 Å². The zero-order valence-corrected chi connectivity index (χ0v) is 14.5. The first kappa shape index (κ1) is 18.6. The molecule has 1 aromatic heterocycles. The molecule has 138 valence electrons. The predicted molar refractivity (Wildman–Crippen MR) is 97.0 cm³/mol. The van der Waals surface area contributed by atoms with Gasteiger partial charge in [-0.3, -0.25) is 0 Å². The molecule has 0 radical (unpaired) electrons. The molecule has 0 aliphatic carbocycles. The van der Waals surface area contributed by atoms with E-state index >= 15 is 0 Å². The Morgan fingerprint density at radius 2 is 2.04 bits per heavy atom. The topological polar surface area (TPSA) is 95.6 Å². The van der Waals surface area contributed by atoms with Gasteiger partial charge >= 0.3 is 0 Å². The number of benzene rings is 2. The van der Waals surface area contributed by atoms with Crippen LogP contribution in [0.25, 0.3) is 21.9 Å². The molecule has 1 atom stereocenters. The summed E-state index contributed by atoms with van der Waals surface area (Å²) < 4.78 is 24.5. The van der Waals surface area contributed by atoms with Crippen LogP contribution in [0.1, 0.15) is 5.69 Å². The predicted octanol–water partition coefficient (Wildman–Crippen LogP) is 2.65. The molecular weight excluding hydrogens is 351 g/mol. The highest BCUT2D eigenvalue weighted by molar-refractivity contribution is 6.01. The highest BCUT2D eigenvalue weighted by Gasteiger charge is 2.18. The third-order valence-corrected chi connectivity index (χ3v) is 4.02. The number of nitrogens with zero attached hydrogens (tertiary/aromatic N) is 2. The van der Waals surface area contributed by atoms with Gasteiger partial charge in [-0.25, -0.2) is 9.37 Å². The maximum absolute atomic E-state index is 13.8. The number of methoxy groups -OCH3 is 1. The Balaban J connectivity index is 2.26. The number of pyridine rings is 1. The molecule has 0 aliphatic heterocycles. The summed E-state index contributed by atoms with van der Waals surface area (Å²) in [5.41, 5.74) is 1.01. The molecule has 1 unspecified atom stereocenters. The molecule has 0 spiro atoms. The summed E-state index contributed by atoms with van der Waals surface area (Å²) >= 11 is 0. The number of aliphatic hydroxyl groups is 2. The van der Waals surface area contributed by atoms with E-state index in [4.69, 9.17) is 14.6 Å². The zero-order chi connectivity index (χ0) is 19.4. The summed E-state index contributed by atoms with van der Waals surface area (Å²) in [6.07, 6.45) is -1.08. The smallest absolute Gasteiger partial charge is 0.222 e. The lowest BCUT2D eigenvalue weighted by Gasteiger charge is -2.15. The number of aromatic nitrogens is 1. The molecule has 6 nitrogen and oxygen atoms in total. The molecule has 2 N–H and O–H groups in total. The lowest BCUT2D eigenvalue weighted by molar-refractivity contribution is 0.0526. The molecule has 1 heterocycles. The normalized spacial score (nSPS) is 11.8. The minimum atomic E-state index is -1.08. The van der Waals surface area contributed by atoms with E-state index in [0.717, 1.165) is 0 Å². The summed E-state index contributed by atoms with van der Waals surface area (Å²) in [5.74, 6) is 0.257. The first-order valence-electron chi connectivity index (χ1n) is 8.17. The number of nitriles is 1. The van der Waals surface area contributed by atoms with E-state index < -0.39 is 18.5 Å². The van der Waals surface area contributed by atoms with Crippen molar-refractivity contribution in [1.82, 2.24) is 4.98 Å². The first-order chi connectivity index (χ1) is 13.1. The van der Waals surface area contributed by atoms with E-state index in [0.29, 0.717) is 27.6 Å². The van der Waals surface area contributed by atoms with Crippen molar-refractivity contribution < 1.29 is 24.1 Å². The van der Waals surface area contributed by atoms with Crippen molar-refractivity contribution in [1.29, 1.82) is 5.26 Å². The average molecular weight is 368 g/mol. The lowest BCUT2D eigenvalue weighted by atomic mass is 9.97. The minimum Gasteiger partial charge on any atom is -0.497 e. The molecule has 0 amide bonds. The Morgan fingerprint density at radius 3 is 2.70 bits per heavy atom. The van der Waals surface area contributed by atoms with Gasteiger partial charge in [0, 0.05) is 16.3 Å². The van der Waals surface area contributed by atoms with Crippen LogP contribution in [-0.2, 0) is 0 Å². The fourth-order valence-corrected chi connectivity index (χ4v) is 2.74. The van der Waals surface area contributed by atoms with Crippen LogP contribution >= 0.6 is 0 Å². The Hall–Kier alpha value is -3.21. The highest BCUT2D eigenvalue weighted by atomic mass is 19.1. The minimum absolute atomic E-state index is 0.0508. The molecule has 3 rings (SSSR count). The van der Waals surface area contributed by atoms with Crippen LogP contribution < -0.4 is 9.47 Å². The second kappa shape index (κ2) is 7.99. The zero-order valence-electron chi connectivity index (χ0n) is 14.5. The van der Waals surface area contributed by atoms with Gasteiger partial charge in [0.05, 0.1) is 13.7 Å². The van der Waals surface area contributed by atoms with Gasteiger partial charge < -0.3 is 19.7 Å². The number of ether oxygens (including phenoxy) is 2. The summed E-state index contributed by atoms with van der Waals surface area (Å²) in [6.45, 7) is -0.646. The van der Waals surface area contributed by atoms with Crippen molar-refractivity contribution in [2.24, 2.45) is 0 Å². The molecule has 0 fully saturated rings. The van der Waals surface area contributed by atoms with Crippen LogP contribution in [0.15, 0.2) is 42.5 Å². The van der Waals surface area contributed by atoms with E-state index in [1.807, 2.05) is 6.07 Å². The maximum Gasteiger partial charge on any atom is 0.222 e. The molecular formula is C20H17FN2O4. The first-order valence-corrected chi connectivity index (χ1v) is 8.17. The molecule has 7 heteroatoms. The number of aliphatic hydroxyl groups excluding tert-OH is 2. The summed E-state index contributed by atoms with van der Waals surface area (Å²) in [4.78, 5) is 4.25. The van der Waals surface area contributed by atoms with E-state index in [1.165, 1.54) is 19.2 Å². The number of hydrogen-bond acceptors (Lipinski definition) is 6. The standard InChI is InChI=1S/C20H17FN2O4/c1-26-15-5-6-16-17(8-15)19(12-3-2-4-13(21)7-12)18(9-22)23-20(16)27-11-14(25)10-24/h2-8,14,24-25H,10-11H2,1H3. The molecule has 0 bridgehead atoms. The number of hydrogen-bond donors (Lipinski definition) is 2.